The van der Waals surface area contributed by atoms with E-state index in [1.165, 1.54) is 35.7 Å². The van der Waals surface area contributed by atoms with Crippen molar-refractivity contribution in [3.63, 3.8) is 0 Å². The first-order valence-corrected chi connectivity index (χ1v) is 10.7. The number of nitrogens with zero attached hydrogens (tertiary/aromatic N) is 4. The van der Waals surface area contributed by atoms with Gasteiger partial charge in [0.25, 0.3) is 0 Å². The molecule has 1 aliphatic rings. The largest absolute Gasteiger partial charge is 0.447 e. The summed E-state index contributed by atoms with van der Waals surface area (Å²) in [6.45, 7) is 5.48. The van der Waals surface area contributed by atoms with Crippen LogP contribution in [0.5, 0.6) is 5.88 Å². The monoisotopic (exact) mass is 442 g/mol. The summed E-state index contributed by atoms with van der Waals surface area (Å²) in [5.74, 6) is -1.23. The molecule has 3 aromatic rings. The van der Waals surface area contributed by atoms with Crippen LogP contribution in [0.1, 0.15) is 32.6 Å². The fourth-order valence-corrected chi connectivity index (χ4v) is 4.00. The Labute approximate surface area is 182 Å². The van der Waals surface area contributed by atoms with Crippen LogP contribution in [-0.2, 0) is 4.79 Å². The standard InChI is InChI=1S/C22H20F2N4O2S/c1-12(2)11-31-22-25-20-19(26-27-22)14-7-4-5-10-17(14)28(13(3)29)21(30-20)15-8-6-9-16(23)18(15)24/h4-10,12,21H,11H2,1-3H3. The molecule has 0 radical (unpaired) electrons. The average molecular weight is 442 g/mol. The van der Waals surface area contributed by atoms with Crippen molar-refractivity contribution >= 4 is 23.4 Å². The number of thioether (sulfide) groups is 1. The van der Waals surface area contributed by atoms with E-state index in [1.807, 2.05) is 0 Å². The molecule has 160 valence electrons. The first-order valence-electron chi connectivity index (χ1n) is 9.74. The molecule has 1 aromatic heterocycles. The molecular formula is C22H20F2N4O2S. The zero-order chi connectivity index (χ0) is 22.1. The van der Waals surface area contributed by atoms with Gasteiger partial charge >= 0.3 is 0 Å². The van der Waals surface area contributed by atoms with Gasteiger partial charge in [-0.25, -0.2) is 8.78 Å². The molecule has 2 heterocycles. The number of ether oxygens (including phenoxy) is 1. The Morgan fingerprint density at radius 3 is 2.68 bits per heavy atom. The maximum Gasteiger partial charge on any atom is 0.247 e. The van der Waals surface area contributed by atoms with Crippen molar-refractivity contribution < 1.29 is 18.3 Å². The Balaban J connectivity index is 1.91. The maximum atomic E-state index is 14.8. The lowest BCUT2D eigenvalue weighted by Gasteiger charge is -2.30. The summed E-state index contributed by atoms with van der Waals surface area (Å²) < 4.78 is 34.8. The van der Waals surface area contributed by atoms with E-state index < -0.39 is 23.8 Å². The van der Waals surface area contributed by atoms with Crippen LogP contribution >= 0.6 is 11.8 Å². The first-order chi connectivity index (χ1) is 14.9. The van der Waals surface area contributed by atoms with E-state index in [0.717, 1.165) is 11.8 Å². The second kappa shape index (κ2) is 8.58. The van der Waals surface area contributed by atoms with E-state index in [2.05, 4.69) is 29.0 Å². The van der Waals surface area contributed by atoms with E-state index in [9.17, 15) is 13.6 Å². The molecule has 0 fully saturated rings. The highest BCUT2D eigenvalue weighted by atomic mass is 32.2. The third-order valence-electron chi connectivity index (χ3n) is 4.64. The van der Waals surface area contributed by atoms with Gasteiger partial charge in [0.15, 0.2) is 17.3 Å². The van der Waals surface area contributed by atoms with E-state index >= 15 is 0 Å². The van der Waals surface area contributed by atoms with Crippen LogP contribution in [0.4, 0.5) is 14.5 Å². The maximum absolute atomic E-state index is 14.8. The average Bonchev–Trinajstić information content (AvgIpc) is 2.88. The number of amides is 1. The SMILES string of the molecule is CC(=O)N1c2ccccc2-c2nnc(SCC(C)C)nc2OC1c1cccc(F)c1F. The van der Waals surface area contributed by atoms with Crippen LogP contribution in [-0.4, -0.2) is 26.8 Å². The predicted octanol–water partition coefficient (Wildman–Crippen LogP) is 5.01. The smallest absolute Gasteiger partial charge is 0.247 e. The Morgan fingerprint density at radius 2 is 1.94 bits per heavy atom. The van der Waals surface area contributed by atoms with Crippen LogP contribution in [0.15, 0.2) is 47.6 Å². The molecule has 1 amide bonds. The number of rotatable bonds is 4. The fraction of sp³-hybridized carbons (Fsp3) is 0.273. The van der Waals surface area contributed by atoms with Gasteiger partial charge in [-0.05, 0) is 18.1 Å². The van der Waals surface area contributed by atoms with Crippen molar-refractivity contribution in [1.29, 1.82) is 0 Å². The summed E-state index contributed by atoms with van der Waals surface area (Å²) in [6.07, 6.45) is -1.27. The highest BCUT2D eigenvalue weighted by Gasteiger charge is 2.36. The van der Waals surface area contributed by atoms with Gasteiger partial charge < -0.3 is 4.74 Å². The van der Waals surface area contributed by atoms with Gasteiger partial charge in [0.05, 0.1) is 11.3 Å². The quantitative estimate of drug-likeness (QED) is 0.529. The van der Waals surface area contributed by atoms with E-state index in [1.54, 1.807) is 24.3 Å². The molecule has 9 heteroatoms. The van der Waals surface area contributed by atoms with E-state index in [-0.39, 0.29) is 11.4 Å². The van der Waals surface area contributed by atoms with E-state index in [0.29, 0.717) is 28.0 Å². The Kier molecular flexibility index (Phi) is 5.86. The van der Waals surface area contributed by atoms with Gasteiger partial charge in [-0.1, -0.05) is 55.9 Å². The van der Waals surface area contributed by atoms with Crippen molar-refractivity contribution in [3.05, 3.63) is 59.7 Å². The summed E-state index contributed by atoms with van der Waals surface area (Å²) in [4.78, 5) is 18.4. The Bertz CT molecular complexity index is 1140. The minimum Gasteiger partial charge on any atom is -0.447 e. The first kappa shape index (κ1) is 21.2. The fourth-order valence-electron chi connectivity index (χ4n) is 3.27. The predicted molar refractivity (Wildman–Crippen MR) is 114 cm³/mol. The van der Waals surface area contributed by atoms with Gasteiger partial charge in [0.1, 0.15) is 0 Å². The van der Waals surface area contributed by atoms with Crippen LogP contribution in [0.25, 0.3) is 11.3 Å². The zero-order valence-electron chi connectivity index (χ0n) is 17.2. The summed E-state index contributed by atoms with van der Waals surface area (Å²) in [6, 6.07) is 10.8. The third kappa shape index (κ3) is 4.10. The highest BCUT2D eigenvalue weighted by Crippen LogP contribution is 2.43. The molecule has 0 N–H and O–H groups in total. The number of carbonyl (C=O) groups is 1. The molecule has 2 aromatic carbocycles. The lowest BCUT2D eigenvalue weighted by atomic mass is 10.1. The minimum atomic E-state index is -1.27. The van der Waals surface area contributed by atoms with Crippen molar-refractivity contribution in [3.8, 4) is 17.1 Å². The number of anilines is 1. The van der Waals surface area contributed by atoms with Gasteiger partial charge in [-0.3, -0.25) is 9.69 Å². The number of fused-ring (bicyclic) bond motifs is 3. The van der Waals surface area contributed by atoms with Gasteiger partial charge in [0.2, 0.25) is 23.2 Å². The lowest BCUT2D eigenvalue weighted by Crippen LogP contribution is -2.36. The molecule has 4 rings (SSSR count). The molecule has 0 saturated heterocycles. The van der Waals surface area contributed by atoms with Gasteiger partial charge in [-0.2, -0.15) is 4.98 Å². The zero-order valence-corrected chi connectivity index (χ0v) is 18.0. The molecule has 0 spiro atoms. The van der Waals surface area contributed by atoms with Crippen molar-refractivity contribution in [2.24, 2.45) is 5.92 Å². The molecule has 1 atom stereocenters. The van der Waals surface area contributed by atoms with Crippen LogP contribution in [0.3, 0.4) is 0 Å². The second-order valence-electron chi connectivity index (χ2n) is 7.47. The minimum absolute atomic E-state index is 0.103. The number of carbonyl (C=O) groups excluding carboxylic acids is 1. The Morgan fingerprint density at radius 1 is 1.16 bits per heavy atom. The normalized spacial score (nSPS) is 15.2. The lowest BCUT2D eigenvalue weighted by molar-refractivity contribution is -0.118. The molecule has 0 saturated carbocycles. The van der Waals surface area contributed by atoms with Gasteiger partial charge in [-0.15, -0.1) is 10.2 Å². The van der Waals surface area contributed by atoms with Crippen molar-refractivity contribution in [2.75, 3.05) is 10.7 Å². The molecule has 31 heavy (non-hydrogen) atoms. The molecule has 0 bridgehead atoms. The third-order valence-corrected chi connectivity index (χ3v) is 5.91. The summed E-state index contributed by atoms with van der Waals surface area (Å²) in [7, 11) is 0. The molecule has 1 aliphatic heterocycles. The Hall–Kier alpha value is -3.07. The molecule has 1 unspecified atom stereocenters. The number of para-hydroxylation sites is 1. The number of hydrogen-bond donors (Lipinski definition) is 0. The summed E-state index contributed by atoms with van der Waals surface area (Å²) in [5.41, 5.74) is 1.22. The molecule has 0 aliphatic carbocycles. The molecule has 6 nitrogen and oxygen atoms in total. The summed E-state index contributed by atoms with van der Waals surface area (Å²) in [5, 5.41) is 8.89. The highest BCUT2D eigenvalue weighted by molar-refractivity contribution is 7.99. The number of aromatic nitrogens is 3. The number of benzene rings is 2. The summed E-state index contributed by atoms with van der Waals surface area (Å²) >= 11 is 1.42. The van der Waals surface area contributed by atoms with E-state index in [4.69, 9.17) is 4.74 Å². The van der Waals surface area contributed by atoms with Crippen molar-refractivity contribution in [1.82, 2.24) is 15.2 Å². The number of halogens is 2. The van der Waals surface area contributed by atoms with Crippen LogP contribution < -0.4 is 9.64 Å². The van der Waals surface area contributed by atoms with Crippen molar-refractivity contribution in [2.45, 2.75) is 32.2 Å². The second-order valence-corrected chi connectivity index (χ2v) is 8.46. The van der Waals surface area contributed by atoms with Crippen LogP contribution in [0, 0.1) is 17.6 Å². The van der Waals surface area contributed by atoms with Crippen LogP contribution in [0.2, 0.25) is 0 Å². The molecular weight excluding hydrogens is 422 g/mol. The van der Waals surface area contributed by atoms with Gasteiger partial charge in [0, 0.05) is 18.2 Å². The number of hydrogen-bond acceptors (Lipinski definition) is 6. The topological polar surface area (TPSA) is 68.2 Å².